The molecule has 0 unspecified atom stereocenters. The molecule has 0 aliphatic rings. The molecule has 6 nitrogen and oxygen atoms in total. The Morgan fingerprint density at radius 2 is 2.25 bits per heavy atom. The highest BCUT2D eigenvalue weighted by atomic mass is 79.9. The second-order valence-electron chi connectivity index (χ2n) is 3.01. The molecule has 0 aromatic carbocycles. The number of aromatic nitrogens is 4. The van der Waals surface area contributed by atoms with E-state index in [4.69, 9.17) is 16.7 Å². The normalized spacial score (nSPS) is 10.6. The van der Waals surface area contributed by atoms with Gasteiger partial charge in [0.25, 0.3) is 0 Å². The summed E-state index contributed by atoms with van der Waals surface area (Å²) in [6, 6.07) is 0. The number of rotatable bonds is 3. The monoisotopic (exact) mass is 304 g/mol. The van der Waals surface area contributed by atoms with Gasteiger partial charge >= 0.3 is 5.97 Å². The average molecular weight is 306 g/mol. The Hall–Kier alpha value is -1.34. The summed E-state index contributed by atoms with van der Waals surface area (Å²) in [5.74, 6) is -1.15. The van der Waals surface area contributed by atoms with Crippen LogP contribution in [0.25, 0.3) is 0 Å². The largest absolute Gasteiger partial charge is 0.476 e. The molecule has 0 bridgehead atoms. The summed E-state index contributed by atoms with van der Waals surface area (Å²) in [5.41, 5.74) is -0.159. The van der Waals surface area contributed by atoms with Crippen LogP contribution in [0.1, 0.15) is 10.5 Å². The van der Waals surface area contributed by atoms with Gasteiger partial charge in [0.2, 0.25) is 0 Å². The SMILES string of the molecule is O=C(O)c1nn(Cn2cc(Br)cn2)cc1Cl. The number of aromatic carboxylic acids is 1. The number of carbonyl (C=O) groups is 1. The van der Waals surface area contributed by atoms with Crippen molar-refractivity contribution in [2.24, 2.45) is 0 Å². The van der Waals surface area contributed by atoms with Crippen LogP contribution >= 0.6 is 27.5 Å². The van der Waals surface area contributed by atoms with Crippen molar-refractivity contribution in [3.63, 3.8) is 0 Å². The van der Waals surface area contributed by atoms with Crippen LogP contribution in [0.5, 0.6) is 0 Å². The Labute approximate surface area is 104 Å². The second-order valence-corrected chi connectivity index (χ2v) is 4.33. The third kappa shape index (κ3) is 2.25. The zero-order valence-electron chi connectivity index (χ0n) is 7.84. The van der Waals surface area contributed by atoms with Gasteiger partial charge in [0.05, 0.1) is 15.7 Å². The van der Waals surface area contributed by atoms with Gasteiger partial charge in [-0.05, 0) is 15.9 Å². The summed E-state index contributed by atoms with van der Waals surface area (Å²) in [7, 11) is 0. The maximum absolute atomic E-state index is 10.7. The van der Waals surface area contributed by atoms with Crippen LogP contribution in [0.15, 0.2) is 23.1 Å². The fourth-order valence-electron chi connectivity index (χ4n) is 1.18. The maximum Gasteiger partial charge on any atom is 0.357 e. The lowest BCUT2D eigenvalue weighted by Gasteiger charge is -2.00. The van der Waals surface area contributed by atoms with Crippen molar-refractivity contribution in [2.75, 3.05) is 0 Å². The molecule has 1 N–H and O–H groups in total. The van der Waals surface area contributed by atoms with Crippen LogP contribution in [0.4, 0.5) is 0 Å². The minimum absolute atomic E-state index is 0.110. The van der Waals surface area contributed by atoms with Crippen molar-refractivity contribution < 1.29 is 9.90 Å². The molecule has 2 aromatic heterocycles. The van der Waals surface area contributed by atoms with Gasteiger partial charge in [-0.1, -0.05) is 11.6 Å². The van der Waals surface area contributed by atoms with Gasteiger partial charge in [0.1, 0.15) is 6.67 Å². The quantitative estimate of drug-likeness (QED) is 0.936. The van der Waals surface area contributed by atoms with E-state index in [-0.39, 0.29) is 10.7 Å². The minimum Gasteiger partial charge on any atom is -0.476 e. The van der Waals surface area contributed by atoms with Gasteiger partial charge < -0.3 is 5.11 Å². The molecule has 16 heavy (non-hydrogen) atoms. The fraction of sp³-hybridized carbons (Fsp3) is 0.125. The van der Waals surface area contributed by atoms with Crippen molar-refractivity contribution in [1.82, 2.24) is 19.6 Å². The highest BCUT2D eigenvalue weighted by molar-refractivity contribution is 9.10. The Kier molecular flexibility index (Phi) is 2.97. The van der Waals surface area contributed by atoms with E-state index in [1.807, 2.05) is 0 Å². The predicted molar refractivity (Wildman–Crippen MR) is 59.5 cm³/mol. The van der Waals surface area contributed by atoms with Gasteiger partial charge in [-0.3, -0.25) is 0 Å². The summed E-state index contributed by atoms with van der Waals surface area (Å²) in [6.45, 7) is 0.304. The Morgan fingerprint density at radius 3 is 2.75 bits per heavy atom. The molecule has 0 fully saturated rings. The number of carboxylic acids is 1. The van der Waals surface area contributed by atoms with E-state index in [1.54, 1.807) is 17.1 Å². The Balaban J connectivity index is 2.22. The van der Waals surface area contributed by atoms with Crippen LogP contribution in [-0.4, -0.2) is 30.6 Å². The molecular formula is C8H6BrClN4O2. The van der Waals surface area contributed by atoms with Crippen LogP contribution in [-0.2, 0) is 6.67 Å². The smallest absolute Gasteiger partial charge is 0.357 e. The first-order chi connectivity index (χ1) is 7.56. The van der Waals surface area contributed by atoms with E-state index in [9.17, 15) is 4.79 Å². The van der Waals surface area contributed by atoms with Crippen molar-refractivity contribution >= 4 is 33.5 Å². The average Bonchev–Trinajstić information content (AvgIpc) is 2.73. The number of carboxylic acid groups (broad SMARTS) is 1. The second kappa shape index (κ2) is 4.26. The van der Waals surface area contributed by atoms with Gasteiger partial charge in [0, 0.05) is 12.4 Å². The molecule has 2 aromatic rings. The standard InChI is InChI=1S/C8H6BrClN4O2/c9-5-1-11-13(2-5)4-14-3-6(10)7(12-14)8(15)16/h1-3H,4H2,(H,15,16). The van der Waals surface area contributed by atoms with E-state index in [1.165, 1.54) is 10.9 Å². The summed E-state index contributed by atoms with van der Waals surface area (Å²) >= 11 is 8.96. The van der Waals surface area contributed by atoms with Gasteiger partial charge in [-0.2, -0.15) is 10.2 Å². The van der Waals surface area contributed by atoms with Crippen molar-refractivity contribution in [1.29, 1.82) is 0 Å². The minimum atomic E-state index is -1.15. The van der Waals surface area contributed by atoms with Crippen LogP contribution in [0.3, 0.4) is 0 Å². The van der Waals surface area contributed by atoms with E-state index >= 15 is 0 Å². The van der Waals surface area contributed by atoms with Crippen LogP contribution in [0.2, 0.25) is 5.02 Å². The van der Waals surface area contributed by atoms with E-state index in [0.717, 1.165) is 4.47 Å². The first-order valence-electron chi connectivity index (χ1n) is 4.20. The van der Waals surface area contributed by atoms with Crippen LogP contribution in [0, 0.1) is 0 Å². The Morgan fingerprint density at radius 1 is 1.50 bits per heavy atom. The van der Waals surface area contributed by atoms with Crippen LogP contribution < -0.4 is 0 Å². The third-order valence-corrected chi connectivity index (χ3v) is 2.50. The van der Waals surface area contributed by atoms with E-state index < -0.39 is 5.97 Å². The van der Waals surface area contributed by atoms with Crippen molar-refractivity contribution in [2.45, 2.75) is 6.67 Å². The topological polar surface area (TPSA) is 72.9 Å². The lowest BCUT2D eigenvalue weighted by Crippen LogP contribution is -2.10. The molecule has 8 heteroatoms. The molecule has 0 radical (unpaired) electrons. The Bertz CT molecular complexity index is 536. The molecular weight excluding hydrogens is 299 g/mol. The molecule has 0 aliphatic heterocycles. The summed E-state index contributed by atoms with van der Waals surface area (Å²) in [5, 5.41) is 16.7. The molecule has 84 valence electrons. The highest BCUT2D eigenvalue weighted by Crippen LogP contribution is 2.14. The van der Waals surface area contributed by atoms with Crippen molar-refractivity contribution in [3.05, 3.63) is 33.8 Å². The first-order valence-corrected chi connectivity index (χ1v) is 5.37. The number of nitrogens with zero attached hydrogens (tertiary/aromatic N) is 4. The molecule has 0 aliphatic carbocycles. The zero-order valence-corrected chi connectivity index (χ0v) is 10.2. The fourth-order valence-corrected chi connectivity index (χ4v) is 1.74. The van der Waals surface area contributed by atoms with Gasteiger partial charge in [-0.15, -0.1) is 0 Å². The zero-order chi connectivity index (χ0) is 11.7. The van der Waals surface area contributed by atoms with Gasteiger partial charge in [0.15, 0.2) is 5.69 Å². The van der Waals surface area contributed by atoms with Gasteiger partial charge in [-0.25, -0.2) is 14.2 Å². The molecule has 2 heterocycles. The number of hydrogen-bond donors (Lipinski definition) is 1. The molecule has 0 saturated carbocycles. The number of halogens is 2. The molecule has 0 saturated heterocycles. The lowest BCUT2D eigenvalue weighted by molar-refractivity contribution is 0.0689. The summed E-state index contributed by atoms with van der Waals surface area (Å²) < 4.78 is 3.84. The molecule has 2 rings (SSSR count). The van der Waals surface area contributed by atoms with E-state index in [2.05, 4.69) is 26.1 Å². The predicted octanol–water partition coefficient (Wildman–Crippen LogP) is 1.70. The highest BCUT2D eigenvalue weighted by Gasteiger charge is 2.14. The molecule has 0 atom stereocenters. The molecule has 0 amide bonds. The van der Waals surface area contributed by atoms with Crippen molar-refractivity contribution in [3.8, 4) is 0 Å². The first kappa shape index (κ1) is 11.2. The summed E-state index contributed by atoms with van der Waals surface area (Å²) in [6.07, 6.45) is 4.82. The maximum atomic E-state index is 10.7. The molecule has 0 spiro atoms. The third-order valence-electron chi connectivity index (χ3n) is 1.81. The van der Waals surface area contributed by atoms with E-state index in [0.29, 0.717) is 6.67 Å². The lowest BCUT2D eigenvalue weighted by atomic mass is 10.4. The summed E-state index contributed by atoms with van der Waals surface area (Å²) in [4.78, 5) is 10.7. The number of hydrogen-bond acceptors (Lipinski definition) is 3.